The quantitative estimate of drug-likeness (QED) is 0.723. The molecule has 26 heavy (non-hydrogen) atoms. The largest absolute Gasteiger partial charge is 0.497 e. The summed E-state index contributed by atoms with van der Waals surface area (Å²) < 4.78 is 5.31. The van der Waals surface area contributed by atoms with Gasteiger partial charge in [0.2, 0.25) is 5.91 Å². The maximum absolute atomic E-state index is 12.4. The van der Waals surface area contributed by atoms with Crippen LogP contribution in [-0.2, 0) is 4.79 Å². The highest BCUT2D eigenvalue weighted by molar-refractivity contribution is 5.85. The fraction of sp³-hybridized carbons (Fsp3) is 0.650. The van der Waals surface area contributed by atoms with E-state index in [1.54, 1.807) is 7.11 Å². The predicted octanol–water partition coefficient (Wildman–Crippen LogP) is 3.13. The zero-order valence-corrected chi connectivity index (χ0v) is 17.1. The standard InChI is InChI=1S/C20H33N3O2.ClH/c1-23(2)19(16-10-7-11-17(13-16)25-3)14-22-20(24)18(21)12-15-8-5-4-6-9-15;/h7,10-11,13,15,18-19H,4-6,8-9,12,14,21H2,1-3H3,(H,22,24);1H. The van der Waals surface area contributed by atoms with E-state index in [-0.39, 0.29) is 24.4 Å². The second-order valence-electron chi connectivity index (χ2n) is 7.35. The molecule has 0 saturated heterocycles. The van der Waals surface area contributed by atoms with E-state index >= 15 is 0 Å². The Morgan fingerprint density at radius 2 is 2.00 bits per heavy atom. The van der Waals surface area contributed by atoms with Crippen molar-refractivity contribution >= 4 is 18.3 Å². The molecule has 0 heterocycles. The van der Waals surface area contributed by atoms with Gasteiger partial charge in [0.15, 0.2) is 0 Å². The van der Waals surface area contributed by atoms with E-state index in [0.29, 0.717) is 12.5 Å². The number of nitrogens with two attached hydrogens (primary N) is 1. The van der Waals surface area contributed by atoms with Crippen LogP contribution in [0.1, 0.15) is 50.1 Å². The number of halogens is 1. The molecule has 2 unspecified atom stereocenters. The first kappa shape index (κ1) is 22.7. The predicted molar refractivity (Wildman–Crippen MR) is 109 cm³/mol. The van der Waals surface area contributed by atoms with Gasteiger partial charge in [0.05, 0.1) is 19.2 Å². The summed E-state index contributed by atoms with van der Waals surface area (Å²) in [6.45, 7) is 0.539. The molecule has 1 aliphatic rings. The summed E-state index contributed by atoms with van der Waals surface area (Å²) in [5, 5.41) is 3.04. The summed E-state index contributed by atoms with van der Waals surface area (Å²) in [5.41, 5.74) is 7.27. The molecule has 0 spiro atoms. The highest BCUT2D eigenvalue weighted by atomic mass is 35.5. The van der Waals surface area contributed by atoms with Gasteiger partial charge in [-0.2, -0.15) is 0 Å². The lowest BCUT2D eigenvalue weighted by molar-refractivity contribution is -0.123. The number of nitrogens with one attached hydrogen (secondary N) is 1. The Bertz CT molecular complexity index is 548. The number of rotatable bonds is 8. The van der Waals surface area contributed by atoms with Gasteiger partial charge in [0.1, 0.15) is 5.75 Å². The maximum Gasteiger partial charge on any atom is 0.236 e. The summed E-state index contributed by atoms with van der Waals surface area (Å²) in [6.07, 6.45) is 7.10. The van der Waals surface area contributed by atoms with Crippen molar-refractivity contribution in [1.82, 2.24) is 10.2 Å². The van der Waals surface area contributed by atoms with Gasteiger partial charge in [-0.1, -0.05) is 44.2 Å². The summed E-state index contributed by atoms with van der Waals surface area (Å²) in [4.78, 5) is 14.5. The second kappa shape index (κ2) is 11.4. The molecule has 6 heteroatoms. The Morgan fingerprint density at radius 3 is 2.62 bits per heavy atom. The van der Waals surface area contributed by atoms with Crippen molar-refractivity contribution in [2.75, 3.05) is 27.7 Å². The Labute approximate surface area is 164 Å². The van der Waals surface area contributed by atoms with Gasteiger partial charge in [0.25, 0.3) is 0 Å². The molecule has 1 aromatic carbocycles. The van der Waals surface area contributed by atoms with E-state index in [0.717, 1.165) is 17.7 Å². The Morgan fingerprint density at radius 1 is 1.31 bits per heavy atom. The van der Waals surface area contributed by atoms with Crippen molar-refractivity contribution in [3.8, 4) is 5.75 Å². The monoisotopic (exact) mass is 383 g/mol. The van der Waals surface area contributed by atoms with Crippen LogP contribution in [0.4, 0.5) is 0 Å². The van der Waals surface area contributed by atoms with Crippen LogP contribution in [-0.4, -0.2) is 44.6 Å². The van der Waals surface area contributed by atoms with Crippen molar-refractivity contribution in [1.29, 1.82) is 0 Å². The van der Waals surface area contributed by atoms with Gasteiger partial charge in [-0.05, 0) is 44.1 Å². The van der Waals surface area contributed by atoms with Gasteiger partial charge >= 0.3 is 0 Å². The molecule has 148 valence electrons. The summed E-state index contributed by atoms with van der Waals surface area (Å²) in [7, 11) is 5.69. The lowest BCUT2D eigenvalue weighted by Gasteiger charge is -2.27. The molecular formula is C20H34ClN3O2. The minimum atomic E-state index is -0.406. The summed E-state index contributed by atoms with van der Waals surface area (Å²) in [6, 6.07) is 7.65. The highest BCUT2D eigenvalue weighted by Gasteiger charge is 2.22. The van der Waals surface area contributed by atoms with Crippen LogP contribution >= 0.6 is 12.4 Å². The van der Waals surface area contributed by atoms with Crippen molar-refractivity contribution in [3.63, 3.8) is 0 Å². The van der Waals surface area contributed by atoms with E-state index in [4.69, 9.17) is 10.5 Å². The van der Waals surface area contributed by atoms with Gasteiger partial charge in [-0.3, -0.25) is 4.79 Å². The first-order valence-corrected chi connectivity index (χ1v) is 9.35. The number of methoxy groups -OCH3 is 1. The summed E-state index contributed by atoms with van der Waals surface area (Å²) >= 11 is 0. The number of carbonyl (C=O) groups excluding carboxylic acids is 1. The van der Waals surface area contributed by atoms with Gasteiger partial charge in [-0.15, -0.1) is 12.4 Å². The third kappa shape index (κ3) is 6.78. The number of nitrogens with zero attached hydrogens (tertiary/aromatic N) is 1. The number of hydrogen-bond acceptors (Lipinski definition) is 4. The number of ether oxygens (including phenoxy) is 1. The normalized spacial score (nSPS) is 17.3. The minimum absolute atomic E-state index is 0. The fourth-order valence-electron chi connectivity index (χ4n) is 3.66. The zero-order valence-electron chi connectivity index (χ0n) is 16.2. The number of likely N-dealkylation sites (N-methyl/N-ethyl adjacent to an activating group) is 1. The van der Waals surface area contributed by atoms with Crippen LogP contribution in [0.2, 0.25) is 0 Å². The Kier molecular flexibility index (Phi) is 9.99. The van der Waals surface area contributed by atoms with Crippen LogP contribution in [0.5, 0.6) is 5.75 Å². The lowest BCUT2D eigenvalue weighted by Crippen LogP contribution is -2.44. The average Bonchev–Trinajstić information content (AvgIpc) is 2.62. The molecule has 2 rings (SSSR count). The molecule has 1 amide bonds. The van der Waals surface area contributed by atoms with Crippen LogP contribution in [0.25, 0.3) is 0 Å². The first-order chi connectivity index (χ1) is 12.0. The van der Waals surface area contributed by atoms with Crippen LogP contribution in [0.3, 0.4) is 0 Å². The highest BCUT2D eigenvalue weighted by Crippen LogP contribution is 2.27. The van der Waals surface area contributed by atoms with Crippen molar-refractivity contribution < 1.29 is 9.53 Å². The molecule has 1 aromatic rings. The summed E-state index contributed by atoms with van der Waals surface area (Å²) in [5.74, 6) is 1.39. The molecule has 5 nitrogen and oxygen atoms in total. The van der Waals surface area contributed by atoms with E-state index in [9.17, 15) is 4.79 Å². The van der Waals surface area contributed by atoms with Crippen LogP contribution in [0.15, 0.2) is 24.3 Å². The Balaban J connectivity index is 0.00000338. The van der Waals surface area contributed by atoms with Crippen molar-refractivity contribution in [2.24, 2.45) is 11.7 Å². The maximum atomic E-state index is 12.4. The third-order valence-electron chi connectivity index (χ3n) is 5.22. The van der Waals surface area contributed by atoms with Crippen molar-refractivity contribution in [3.05, 3.63) is 29.8 Å². The average molecular weight is 384 g/mol. The second-order valence-corrected chi connectivity index (χ2v) is 7.35. The van der Waals surface area contributed by atoms with Gasteiger partial charge in [-0.25, -0.2) is 0 Å². The van der Waals surface area contributed by atoms with E-state index in [1.165, 1.54) is 32.1 Å². The molecule has 3 N–H and O–H groups in total. The van der Waals surface area contributed by atoms with E-state index in [1.807, 2.05) is 32.3 Å². The van der Waals surface area contributed by atoms with Crippen LogP contribution in [0, 0.1) is 5.92 Å². The SMILES string of the molecule is COc1cccc(C(CNC(=O)C(N)CC2CCCCC2)N(C)C)c1.Cl. The third-order valence-corrected chi connectivity index (χ3v) is 5.22. The lowest BCUT2D eigenvalue weighted by atomic mass is 9.85. The molecule has 2 atom stereocenters. The van der Waals surface area contributed by atoms with Crippen LogP contribution < -0.4 is 15.8 Å². The van der Waals surface area contributed by atoms with E-state index < -0.39 is 6.04 Å². The van der Waals surface area contributed by atoms with E-state index in [2.05, 4.69) is 16.3 Å². The molecule has 0 bridgehead atoms. The molecule has 1 aliphatic carbocycles. The molecule has 1 fully saturated rings. The first-order valence-electron chi connectivity index (χ1n) is 9.35. The topological polar surface area (TPSA) is 67.6 Å². The number of carbonyl (C=O) groups is 1. The number of benzene rings is 1. The molecule has 0 radical (unpaired) electrons. The smallest absolute Gasteiger partial charge is 0.236 e. The van der Waals surface area contributed by atoms with Gasteiger partial charge < -0.3 is 20.7 Å². The fourth-order valence-corrected chi connectivity index (χ4v) is 3.66. The molecular weight excluding hydrogens is 350 g/mol. The zero-order chi connectivity index (χ0) is 18.2. The number of amides is 1. The van der Waals surface area contributed by atoms with Gasteiger partial charge in [0, 0.05) is 6.54 Å². The molecule has 1 saturated carbocycles. The number of hydrogen-bond donors (Lipinski definition) is 2. The minimum Gasteiger partial charge on any atom is -0.497 e. The molecule has 0 aromatic heterocycles. The molecule has 0 aliphatic heterocycles. The Hall–Kier alpha value is -1.30. The van der Waals surface area contributed by atoms with Crippen molar-refractivity contribution in [2.45, 2.75) is 50.6 Å².